The smallest absolute Gasteiger partial charge is 0.302 e. The molecule has 0 amide bonds. The summed E-state index contributed by atoms with van der Waals surface area (Å²) >= 11 is 0. The van der Waals surface area contributed by atoms with E-state index in [1.165, 1.54) is 12.4 Å². The minimum Gasteiger partial charge on any atom is -0.367 e. The second-order valence-electron chi connectivity index (χ2n) is 8.11. The van der Waals surface area contributed by atoms with Gasteiger partial charge in [-0.25, -0.2) is 9.97 Å². The molecule has 0 bridgehead atoms. The number of hydrogen-bond acceptors (Lipinski definition) is 5. The Morgan fingerprint density at radius 3 is 2.62 bits per heavy atom. The molecular weight excluding hydrogens is 374 g/mol. The standard InChI is InChI=1S/C21H24F2N6/c22-21(23,18-4-3-15(11-25-18)14-1-2-14)12-29-9-6-16(7-10-29)28-20-17-5-8-24-19(17)26-13-27-20/h3-5,8,11,13-14,16H,1-2,6-7,9-10,12H2,(H2,24,26,27,28). The molecule has 1 saturated carbocycles. The van der Waals surface area contributed by atoms with E-state index >= 15 is 0 Å². The molecule has 8 heteroatoms. The minimum absolute atomic E-state index is 0.127. The number of alkyl halides is 2. The lowest BCUT2D eigenvalue weighted by Gasteiger charge is -2.34. The number of hydrogen-bond donors (Lipinski definition) is 2. The van der Waals surface area contributed by atoms with E-state index in [1.807, 2.05) is 23.2 Å². The van der Waals surface area contributed by atoms with Crippen LogP contribution in [-0.4, -0.2) is 50.5 Å². The topological polar surface area (TPSA) is 69.7 Å². The van der Waals surface area contributed by atoms with E-state index in [1.54, 1.807) is 6.20 Å². The van der Waals surface area contributed by atoms with E-state index in [0.717, 1.165) is 48.1 Å². The van der Waals surface area contributed by atoms with Crippen LogP contribution in [0.5, 0.6) is 0 Å². The molecule has 4 heterocycles. The van der Waals surface area contributed by atoms with Crippen LogP contribution in [0, 0.1) is 0 Å². The summed E-state index contributed by atoms with van der Waals surface area (Å²) in [4.78, 5) is 17.5. The first-order valence-corrected chi connectivity index (χ1v) is 10.2. The van der Waals surface area contributed by atoms with Gasteiger partial charge in [0.15, 0.2) is 0 Å². The van der Waals surface area contributed by atoms with Gasteiger partial charge < -0.3 is 10.3 Å². The SMILES string of the molecule is FC(F)(CN1CCC(Nc2ncnc3[nH]ccc23)CC1)c1ccc(C2CC2)cn1. The summed E-state index contributed by atoms with van der Waals surface area (Å²) in [7, 11) is 0. The molecule has 29 heavy (non-hydrogen) atoms. The van der Waals surface area contributed by atoms with Crippen molar-refractivity contribution in [1.82, 2.24) is 24.8 Å². The van der Waals surface area contributed by atoms with Gasteiger partial charge in [-0.3, -0.25) is 9.88 Å². The van der Waals surface area contributed by atoms with Gasteiger partial charge in [-0.05, 0) is 49.3 Å². The number of pyridine rings is 1. The fraction of sp³-hybridized carbons (Fsp3) is 0.476. The first kappa shape index (κ1) is 18.4. The highest BCUT2D eigenvalue weighted by atomic mass is 19.3. The molecule has 1 saturated heterocycles. The van der Waals surface area contributed by atoms with Gasteiger partial charge in [0.25, 0.3) is 0 Å². The van der Waals surface area contributed by atoms with Gasteiger partial charge in [0.1, 0.15) is 23.5 Å². The molecule has 3 aromatic rings. The number of aromatic amines is 1. The molecule has 1 aliphatic carbocycles. The molecule has 0 spiro atoms. The summed E-state index contributed by atoms with van der Waals surface area (Å²) in [5, 5.41) is 4.40. The highest BCUT2D eigenvalue weighted by Gasteiger charge is 2.37. The average molecular weight is 398 g/mol. The lowest BCUT2D eigenvalue weighted by Crippen LogP contribution is -2.44. The van der Waals surface area contributed by atoms with E-state index in [9.17, 15) is 8.78 Å². The lowest BCUT2D eigenvalue weighted by molar-refractivity contribution is -0.0457. The number of H-pyrrole nitrogens is 1. The molecule has 2 N–H and O–H groups in total. The van der Waals surface area contributed by atoms with Gasteiger partial charge in [-0.15, -0.1) is 0 Å². The molecule has 2 fully saturated rings. The van der Waals surface area contributed by atoms with Crippen LogP contribution in [0.4, 0.5) is 14.6 Å². The molecule has 2 aliphatic rings. The first-order valence-electron chi connectivity index (χ1n) is 10.2. The number of nitrogens with zero attached hydrogens (tertiary/aromatic N) is 4. The molecule has 6 nitrogen and oxygen atoms in total. The van der Waals surface area contributed by atoms with E-state index in [2.05, 4.69) is 25.3 Å². The molecule has 0 unspecified atom stereocenters. The molecule has 152 valence electrons. The fourth-order valence-electron chi connectivity index (χ4n) is 4.06. The Balaban J connectivity index is 1.17. The molecule has 0 atom stereocenters. The molecule has 0 aromatic carbocycles. The van der Waals surface area contributed by atoms with Gasteiger partial charge in [0, 0.05) is 31.5 Å². The number of aromatic nitrogens is 4. The molecule has 3 aromatic heterocycles. The van der Waals surface area contributed by atoms with Gasteiger partial charge in [-0.1, -0.05) is 6.07 Å². The summed E-state index contributed by atoms with van der Waals surface area (Å²) < 4.78 is 29.5. The van der Waals surface area contributed by atoms with E-state index in [0.29, 0.717) is 19.0 Å². The monoisotopic (exact) mass is 398 g/mol. The summed E-state index contributed by atoms with van der Waals surface area (Å²) in [5.41, 5.74) is 1.75. The van der Waals surface area contributed by atoms with E-state index < -0.39 is 5.92 Å². The third kappa shape index (κ3) is 3.94. The highest BCUT2D eigenvalue weighted by Crippen LogP contribution is 2.40. The number of piperidine rings is 1. The quantitative estimate of drug-likeness (QED) is 0.659. The summed E-state index contributed by atoms with van der Waals surface area (Å²) in [6.45, 7) is 0.953. The van der Waals surface area contributed by atoms with Crippen LogP contribution in [0.1, 0.15) is 42.9 Å². The number of rotatable bonds is 6. The molecule has 5 rings (SSSR count). The number of nitrogens with one attached hydrogen (secondary N) is 2. The predicted octanol–water partition coefficient (Wildman–Crippen LogP) is 3.90. The minimum atomic E-state index is -2.94. The molecular formula is C21H24F2N6. The Morgan fingerprint density at radius 1 is 1.07 bits per heavy atom. The van der Waals surface area contributed by atoms with Crippen molar-refractivity contribution in [2.24, 2.45) is 0 Å². The van der Waals surface area contributed by atoms with Gasteiger partial charge in [0.05, 0.1) is 11.9 Å². The van der Waals surface area contributed by atoms with Crippen molar-refractivity contribution in [3.63, 3.8) is 0 Å². The number of halogens is 2. The Bertz CT molecular complexity index is 974. The van der Waals surface area contributed by atoms with Crippen molar-refractivity contribution in [2.75, 3.05) is 25.0 Å². The highest BCUT2D eigenvalue weighted by molar-refractivity contribution is 5.86. The molecule has 1 aliphatic heterocycles. The van der Waals surface area contributed by atoms with Crippen molar-refractivity contribution < 1.29 is 8.78 Å². The second-order valence-corrected chi connectivity index (χ2v) is 8.11. The average Bonchev–Trinajstić information content (AvgIpc) is 3.46. The Hall–Kier alpha value is -2.61. The van der Waals surface area contributed by atoms with Crippen molar-refractivity contribution >= 4 is 16.9 Å². The maximum Gasteiger partial charge on any atom is 0.302 e. The van der Waals surface area contributed by atoms with Crippen molar-refractivity contribution in [3.05, 3.63) is 48.2 Å². The third-order valence-electron chi connectivity index (χ3n) is 5.91. The number of likely N-dealkylation sites (tertiary alicyclic amines) is 1. The summed E-state index contributed by atoms with van der Waals surface area (Å²) in [5.74, 6) is -1.62. The number of anilines is 1. The zero-order chi connectivity index (χ0) is 19.8. The zero-order valence-electron chi connectivity index (χ0n) is 16.1. The van der Waals surface area contributed by atoms with Crippen molar-refractivity contribution in [2.45, 2.75) is 43.6 Å². The van der Waals surface area contributed by atoms with Gasteiger partial charge in [0.2, 0.25) is 0 Å². The Morgan fingerprint density at radius 2 is 1.90 bits per heavy atom. The molecule has 0 radical (unpaired) electrons. The van der Waals surface area contributed by atoms with Crippen LogP contribution in [0.3, 0.4) is 0 Å². The second kappa shape index (κ2) is 7.33. The Kier molecular flexibility index (Phi) is 4.66. The van der Waals surface area contributed by atoms with Crippen LogP contribution in [0.15, 0.2) is 36.9 Å². The van der Waals surface area contributed by atoms with E-state index in [4.69, 9.17) is 0 Å². The maximum absolute atomic E-state index is 14.7. The normalized spacial score (nSPS) is 19.0. The number of fused-ring (bicyclic) bond motifs is 1. The van der Waals surface area contributed by atoms with Crippen molar-refractivity contribution in [1.29, 1.82) is 0 Å². The fourth-order valence-corrected chi connectivity index (χ4v) is 4.06. The van der Waals surface area contributed by atoms with Crippen LogP contribution < -0.4 is 5.32 Å². The third-order valence-corrected chi connectivity index (χ3v) is 5.91. The lowest BCUT2D eigenvalue weighted by atomic mass is 10.0. The van der Waals surface area contributed by atoms with Gasteiger partial charge in [-0.2, -0.15) is 8.78 Å². The predicted molar refractivity (Wildman–Crippen MR) is 107 cm³/mol. The van der Waals surface area contributed by atoms with Crippen LogP contribution in [-0.2, 0) is 5.92 Å². The van der Waals surface area contributed by atoms with Crippen LogP contribution in [0.25, 0.3) is 11.0 Å². The first-order chi connectivity index (χ1) is 14.1. The van der Waals surface area contributed by atoms with Gasteiger partial charge >= 0.3 is 5.92 Å². The van der Waals surface area contributed by atoms with E-state index in [-0.39, 0.29) is 18.3 Å². The van der Waals surface area contributed by atoms with Crippen molar-refractivity contribution in [3.8, 4) is 0 Å². The zero-order valence-corrected chi connectivity index (χ0v) is 16.1. The Labute approximate surface area is 167 Å². The summed E-state index contributed by atoms with van der Waals surface area (Å²) in [6.07, 6.45) is 8.86. The largest absolute Gasteiger partial charge is 0.367 e. The van der Waals surface area contributed by atoms with Crippen LogP contribution in [0.2, 0.25) is 0 Å². The summed E-state index contributed by atoms with van der Waals surface area (Å²) in [6, 6.07) is 5.46. The maximum atomic E-state index is 14.7. The van der Waals surface area contributed by atoms with Crippen LogP contribution >= 0.6 is 0 Å².